The Kier molecular flexibility index (Phi) is 14.8. The summed E-state index contributed by atoms with van der Waals surface area (Å²) in [4.78, 5) is 0. The summed E-state index contributed by atoms with van der Waals surface area (Å²) < 4.78 is 28.5. The van der Waals surface area contributed by atoms with Crippen molar-refractivity contribution in [2.45, 2.75) is 78.1 Å². The molecule has 0 heterocycles. The Morgan fingerprint density at radius 2 is 1.17 bits per heavy atom. The third-order valence-electron chi connectivity index (χ3n) is 4.81. The van der Waals surface area contributed by atoms with Crippen molar-refractivity contribution in [2.75, 3.05) is 19.8 Å². The average molecular weight is 437 g/mol. The van der Waals surface area contributed by atoms with E-state index in [0.29, 0.717) is 6.61 Å². The number of hydrogen-bond acceptors (Lipinski definition) is 4. The smallest absolute Gasteiger partial charge is 0.287 e. The summed E-state index contributed by atoms with van der Waals surface area (Å²) >= 11 is 0. The van der Waals surface area contributed by atoms with Gasteiger partial charge >= 0.3 is 7.82 Å². The third kappa shape index (κ3) is 11.9. The molecule has 0 atom stereocenters. The van der Waals surface area contributed by atoms with Gasteiger partial charge in [0.2, 0.25) is 0 Å². The number of phosphoric ester groups is 1. The number of benzene rings is 1. The van der Waals surface area contributed by atoms with E-state index >= 15 is 0 Å². The molecule has 0 aliphatic rings. The molecule has 0 saturated heterocycles. The van der Waals surface area contributed by atoms with Crippen molar-refractivity contribution in [3.8, 4) is 0 Å². The minimum absolute atomic E-state index is 0.120. The van der Waals surface area contributed by atoms with Crippen molar-refractivity contribution in [3.63, 3.8) is 0 Å². The SMILES string of the molecule is C=CCOP(=O)(OCC=C)OCCCc1cc(CCCCC)cc(CCCCC)c1. The minimum atomic E-state index is -3.57. The molecule has 1 rings (SSSR count). The van der Waals surface area contributed by atoms with E-state index in [1.54, 1.807) is 0 Å². The van der Waals surface area contributed by atoms with E-state index in [0.717, 1.165) is 25.7 Å². The van der Waals surface area contributed by atoms with Gasteiger partial charge in [0.15, 0.2) is 0 Å². The highest BCUT2D eigenvalue weighted by Gasteiger charge is 2.25. The van der Waals surface area contributed by atoms with Crippen LogP contribution in [0.25, 0.3) is 0 Å². The van der Waals surface area contributed by atoms with Crippen LogP contribution >= 0.6 is 7.82 Å². The number of aryl methyl sites for hydroxylation is 3. The Bertz CT molecular complexity index is 612. The molecule has 0 aromatic heterocycles. The molecule has 0 amide bonds. The fourth-order valence-electron chi connectivity index (χ4n) is 3.28. The van der Waals surface area contributed by atoms with Crippen LogP contribution in [-0.4, -0.2) is 19.8 Å². The summed E-state index contributed by atoms with van der Waals surface area (Å²) in [5.41, 5.74) is 4.19. The molecule has 1 aromatic carbocycles. The molecule has 1 aromatic rings. The molecule has 0 radical (unpaired) electrons. The van der Waals surface area contributed by atoms with Crippen molar-refractivity contribution in [1.82, 2.24) is 0 Å². The van der Waals surface area contributed by atoms with Gasteiger partial charge in [0, 0.05) is 0 Å². The Balaban J connectivity index is 2.66. The van der Waals surface area contributed by atoms with Crippen LogP contribution in [0, 0.1) is 0 Å². The first-order chi connectivity index (χ1) is 14.6. The molecule has 0 fully saturated rings. The highest BCUT2D eigenvalue weighted by atomic mass is 31.2. The van der Waals surface area contributed by atoms with Gasteiger partial charge in [-0.05, 0) is 55.2 Å². The topological polar surface area (TPSA) is 44.8 Å². The number of phosphoric acid groups is 1. The van der Waals surface area contributed by atoms with Crippen molar-refractivity contribution in [2.24, 2.45) is 0 Å². The second-order valence-electron chi connectivity index (χ2n) is 7.62. The van der Waals surface area contributed by atoms with E-state index in [1.807, 2.05) is 0 Å². The van der Waals surface area contributed by atoms with Gasteiger partial charge in [-0.15, -0.1) is 13.2 Å². The summed E-state index contributed by atoms with van der Waals surface area (Å²) in [6, 6.07) is 7.02. The molecule has 0 bridgehead atoms. The van der Waals surface area contributed by atoms with Crippen LogP contribution in [0.15, 0.2) is 43.5 Å². The molecule has 0 saturated carbocycles. The zero-order chi connectivity index (χ0) is 22.1. The van der Waals surface area contributed by atoms with Gasteiger partial charge in [-0.2, -0.15) is 0 Å². The van der Waals surface area contributed by atoms with Crippen molar-refractivity contribution in [3.05, 3.63) is 60.2 Å². The predicted octanol–water partition coefficient (Wildman–Crippen LogP) is 7.61. The van der Waals surface area contributed by atoms with Gasteiger partial charge in [0.1, 0.15) is 0 Å². The summed E-state index contributed by atoms with van der Waals surface area (Å²) in [6.07, 6.45) is 14.5. The molecular formula is C25H41O4P. The van der Waals surface area contributed by atoms with E-state index in [4.69, 9.17) is 13.6 Å². The van der Waals surface area contributed by atoms with Crippen LogP contribution in [0.1, 0.15) is 75.5 Å². The molecule has 30 heavy (non-hydrogen) atoms. The highest BCUT2D eigenvalue weighted by Crippen LogP contribution is 2.49. The Morgan fingerprint density at radius 1 is 0.733 bits per heavy atom. The number of hydrogen-bond donors (Lipinski definition) is 0. The lowest BCUT2D eigenvalue weighted by molar-refractivity contribution is 0.130. The molecular weight excluding hydrogens is 395 g/mol. The second kappa shape index (κ2) is 16.5. The third-order valence-corrected chi connectivity index (χ3v) is 6.24. The molecule has 0 N–H and O–H groups in total. The Hall–Kier alpha value is -1.19. The van der Waals surface area contributed by atoms with Gasteiger partial charge in [-0.25, -0.2) is 4.57 Å². The average Bonchev–Trinajstić information content (AvgIpc) is 2.74. The Labute approximate surface area is 184 Å². The largest absolute Gasteiger partial charge is 0.475 e. The molecule has 0 spiro atoms. The quantitative estimate of drug-likeness (QED) is 0.127. The van der Waals surface area contributed by atoms with Crippen LogP contribution in [0.2, 0.25) is 0 Å². The van der Waals surface area contributed by atoms with Gasteiger partial charge in [0.05, 0.1) is 19.8 Å². The first kappa shape index (κ1) is 26.8. The van der Waals surface area contributed by atoms with Crippen molar-refractivity contribution in [1.29, 1.82) is 0 Å². The van der Waals surface area contributed by atoms with Gasteiger partial charge in [-0.1, -0.05) is 69.9 Å². The first-order valence-electron chi connectivity index (χ1n) is 11.4. The van der Waals surface area contributed by atoms with Crippen molar-refractivity contribution >= 4 is 7.82 Å². The second-order valence-corrected chi connectivity index (χ2v) is 9.29. The summed E-state index contributed by atoms with van der Waals surface area (Å²) in [5.74, 6) is 0. The first-order valence-corrected chi connectivity index (χ1v) is 12.9. The zero-order valence-electron chi connectivity index (χ0n) is 19.1. The lowest BCUT2D eigenvalue weighted by Gasteiger charge is -2.16. The molecule has 170 valence electrons. The fourth-order valence-corrected chi connectivity index (χ4v) is 4.44. The molecule has 5 heteroatoms. The summed E-state index contributed by atoms with van der Waals surface area (Å²) in [7, 11) is -3.57. The lowest BCUT2D eigenvalue weighted by atomic mass is 9.96. The van der Waals surface area contributed by atoms with Gasteiger partial charge in [-0.3, -0.25) is 13.6 Å². The van der Waals surface area contributed by atoms with Crippen LogP contribution < -0.4 is 0 Å². The van der Waals surface area contributed by atoms with E-state index < -0.39 is 7.82 Å². The molecule has 0 aliphatic carbocycles. The van der Waals surface area contributed by atoms with Gasteiger partial charge in [0.25, 0.3) is 0 Å². The monoisotopic (exact) mass is 436 g/mol. The predicted molar refractivity (Wildman–Crippen MR) is 127 cm³/mol. The standard InChI is InChI=1S/C25H41O4P/c1-5-9-11-14-23-20-24(15-12-10-6-2)22-25(21-23)16-13-19-29-30(26,27-17-7-3)28-18-8-4/h7-8,20-22H,3-6,9-19H2,1-2H3. The maximum atomic E-state index is 12.6. The van der Waals surface area contributed by atoms with Crippen LogP contribution in [0.4, 0.5) is 0 Å². The normalized spacial score (nSPS) is 11.5. The van der Waals surface area contributed by atoms with E-state index in [1.165, 1.54) is 67.4 Å². The maximum Gasteiger partial charge on any atom is 0.475 e. The van der Waals surface area contributed by atoms with E-state index in [-0.39, 0.29) is 13.2 Å². The Morgan fingerprint density at radius 3 is 1.57 bits per heavy atom. The van der Waals surface area contributed by atoms with E-state index in [9.17, 15) is 4.57 Å². The summed E-state index contributed by atoms with van der Waals surface area (Å²) in [6.45, 7) is 12.2. The molecule has 0 aliphatic heterocycles. The van der Waals surface area contributed by atoms with Crippen LogP contribution in [0.5, 0.6) is 0 Å². The molecule has 0 unspecified atom stereocenters. The van der Waals surface area contributed by atoms with Gasteiger partial charge < -0.3 is 0 Å². The van der Waals surface area contributed by atoms with Crippen LogP contribution in [0.3, 0.4) is 0 Å². The summed E-state index contributed by atoms with van der Waals surface area (Å²) in [5, 5.41) is 0. The minimum Gasteiger partial charge on any atom is -0.287 e. The lowest BCUT2D eigenvalue weighted by Crippen LogP contribution is -2.03. The molecule has 4 nitrogen and oxygen atoms in total. The van der Waals surface area contributed by atoms with E-state index in [2.05, 4.69) is 45.2 Å². The van der Waals surface area contributed by atoms with Crippen LogP contribution in [-0.2, 0) is 37.4 Å². The number of rotatable bonds is 19. The highest BCUT2D eigenvalue weighted by molar-refractivity contribution is 7.48. The fraction of sp³-hybridized carbons (Fsp3) is 0.600. The van der Waals surface area contributed by atoms with Crippen molar-refractivity contribution < 1.29 is 18.1 Å². The maximum absolute atomic E-state index is 12.6. The zero-order valence-corrected chi connectivity index (χ0v) is 20.0. The number of unbranched alkanes of at least 4 members (excludes halogenated alkanes) is 4.